The molecule has 1 atom stereocenters. The van der Waals surface area contributed by atoms with Crippen LogP contribution in [0.1, 0.15) is 33.6 Å². The first kappa shape index (κ1) is 18.1. The van der Waals surface area contributed by atoms with Crippen molar-refractivity contribution >= 4 is 23.6 Å². The Morgan fingerprint density at radius 3 is 2.16 bits per heavy atom. The Hall–Kier alpha value is -0.920. The SMILES string of the molecule is CC(C)(C)CCC(NC(=O)CSC(F)(F)F)C(=O)O. The third kappa shape index (κ3) is 10.7. The lowest BCUT2D eigenvalue weighted by molar-refractivity contribution is -0.141. The summed E-state index contributed by atoms with van der Waals surface area (Å²) < 4.78 is 35.6. The lowest BCUT2D eigenvalue weighted by Crippen LogP contribution is -2.42. The number of carboxylic acids is 1. The van der Waals surface area contributed by atoms with Gasteiger partial charge in [0, 0.05) is 0 Å². The maximum absolute atomic E-state index is 11.9. The molecule has 1 unspecified atom stereocenters. The van der Waals surface area contributed by atoms with Crippen molar-refractivity contribution in [1.29, 1.82) is 0 Å². The van der Waals surface area contributed by atoms with E-state index in [4.69, 9.17) is 5.11 Å². The van der Waals surface area contributed by atoms with Crippen molar-refractivity contribution in [2.45, 2.75) is 45.2 Å². The van der Waals surface area contributed by atoms with Crippen LogP contribution < -0.4 is 5.32 Å². The van der Waals surface area contributed by atoms with E-state index in [9.17, 15) is 22.8 Å². The number of nitrogens with one attached hydrogen (secondary N) is 1. The zero-order chi connectivity index (χ0) is 15.3. The Labute approximate surface area is 114 Å². The van der Waals surface area contributed by atoms with Gasteiger partial charge in [0.05, 0.1) is 5.75 Å². The summed E-state index contributed by atoms with van der Waals surface area (Å²) in [6.07, 6.45) is 0.720. The van der Waals surface area contributed by atoms with Crippen LogP contribution in [0.25, 0.3) is 0 Å². The second-order valence-electron chi connectivity index (χ2n) is 5.29. The molecular formula is C11H18F3NO3S. The van der Waals surface area contributed by atoms with E-state index in [0.29, 0.717) is 6.42 Å². The minimum Gasteiger partial charge on any atom is -0.480 e. The lowest BCUT2D eigenvalue weighted by atomic mass is 9.88. The average Bonchev–Trinajstić information content (AvgIpc) is 2.18. The first-order valence-corrected chi connectivity index (χ1v) is 6.62. The van der Waals surface area contributed by atoms with Gasteiger partial charge in [0.1, 0.15) is 6.04 Å². The van der Waals surface area contributed by atoms with E-state index in [-0.39, 0.29) is 11.8 Å². The van der Waals surface area contributed by atoms with Crippen molar-refractivity contribution < 1.29 is 27.9 Å². The van der Waals surface area contributed by atoms with Gasteiger partial charge in [-0.05, 0) is 30.0 Å². The summed E-state index contributed by atoms with van der Waals surface area (Å²) >= 11 is -0.486. The van der Waals surface area contributed by atoms with Crippen LogP contribution in [0.2, 0.25) is 0 Å². The molecule has 4 nitrogen and oxygen atoms in total. The van der Waals surface area contributed by atoms with Gasteiger partial charge in [-0.1, -0.05) is 20.8 Å². The molecule has 19 heavy (non-hydrogen) atoms. The predicted molar refractivity (Wildman–Crippen MR) is 66.8 cm³/mol. The van der Waals surface area contributed by atoms with Crippen LogP contribution in [0.4, 0.5) is 13.2 Å². The van der Waals surface area contributed by atoms with Gasteiger partial charge >= 0.3 is 11.5 Å². The summed E-state index contributed by atoms with van der Waals surface area (Å²) in [7, 11) is 0. The summed E-state index contributed by atoms with van der Waals surface area (Å²) in [5.41, 5.74) is -4.61. The minimum atomic E-state index is -4.50. The highest BCUT2D eigenvalue weighted by Gasteiger charge is 2.30. The zero-order valence-corrected chi connectivity index (χ0v) is 11.8. The highest BCUT2D eigenvalue weighted by atomic mass is 32.2. The molecule has 0 heterocycles. The van der Waals surface area contributed by atoms with Crippen molar-refractivity contribution in [3.63, 3.8) is 0 Å². The standard InChI is InChI=1S/C11H18F3NO3S/c1-10(2,3)5-4-7(9(17)18)15-8(16)6-19-11(12,13)14/h7H,4-6H2,1-3H3,(H,15,16)(H,17,18). The molecule has 0 aromatic rings. The number of hydrogen-bond donors (Lipinski definition) is 2. The number of carbonyl (C=O) groups excluding carboxylic acids is 1. The summed E-state index contributed by atoms with van der Waals surface area (Å²) in [5.74, 6) is -3.00. The Morgan fingerprint density at radius 1 is 1.26 bits per heavy atom. The molecule has 8 heteroatoms. The predicted octanol–water partition coefficient (Wildman–Crippen LogP) is 2.64. The van der Waals surface area contributed by atoms with Gasteiger partial charge < -0.3 is 10.4 Å². The molecule has 1 amide bonds. The summed E-state index contributed by atoms with van der Waals surface area (Å²) in [5, 5.41) is 11.0. The number of halogens is 3. The molecule has 0 aliphatic rings. The van der Waals surface area contributed by atoms with E-state index in [1.165, 1.54) is 0 Å². The van der Waals surface area contributed by atoms with Crippen molar-refractivity contribution in [3.05, 3.63) is 0 Å². The number of carboxylic acid groups (broad SMARTS) is 1. The number of carbonyl (C=O) groups is 2. The quantitative estimate of drug-likeness (QED) is 0.791. The van der Waals surface area contributed by atoms with Crippen LogP contribution in [-0.4, -0.2) is 34.3 Å². The molecular weight excluding hydrogens is 283 g/mol. The Kier molecular flexibility index (Phi) is 6.68. The molecule has 0 aromatic carbocycles. The van der Waals surface area contributed by atoms with Gasteiger partial charge in [0.2, 0.25) is 5.91 Å². The molecule has 0 radical (unpaired) electrons. The fourth-order valence-corrected chi connectivity index (χ4v) is 1.60. The van der Waals surface area contributed by atoms with Crippen LogP contribution in [0.15, 0.2) is 0 Å². The van der Waals surface area contributed by atoms with Crippen molar-refractivity contribution in [2.75, 3.05) is 5.75 Å². The first-order chi connectivity index (χ1) is 8.41. The molecule has 0 saturated heterocycles. The van der Waals surface area contributed by atoms with Gasteiger partial charge in [-0.25, -0.2) is 4.79 Å². The van der Waals surface area contributed by atoms with E-state index in [1.807, 2.05) is 20.8 Å². The van der Waals surface area contributed by atoms with E-state index < -0.39 is 40.9 Å². The van der Waals surface area contributed by atoms with Crippen LogP contribution in [0.5, 0.6) is 0 Å². The number of hydrogen-bond acceptors (Lipinski definition) is 3. The molecule has 0 saturated carbocycles. The highest BCUT2D eigenvalue weighted by molar-refractivity contribution is 8.00. The smallest absolute Gasteiger partial charge is 0.442 e. The van der Waals surface area contributed by atoms with E-state index in [2.05, 4.69) is 5.32 Å². The molecule has 0 aliphatic carbocycles. The van der Waals surface area contributed by atoms with Crippen molar-refractivity contribution in [1.82, 2.24) is 5.32 Å². The maximum atomic E-state index is 11.9. The highest BCUT2D eigenvalue weighted by Crippen LogP contribution is 2.29. The van der Waals surface area contributed by atoms with E-state index >= 15 is 0 Å². The maximum Gasteiger partial charge on any atom is 0.442 e. The van der Waals surface area contributed by atoms with Gasteiger partial charge in [-0.15, -0.1) is 0 Å². The normalized spacial score (nSPS) is 14.0. The monoisotopic (exact) mass is 301 g/mol. The second-order valence-corrected chi connectivity index (χ2v) is 6.33. The third-order valence-electron chi connectivity index (χ3n) is 2.18. The zero-order valence-electron chi connectivity index (χ0n) is 11.0. The van der Waals surface area contributed by atoms with Gasteiger partial charge in [-0.2, -0.15) is 13.2 Å². The van der Waals surface area contributed by atoms with E-state index in [0.717, 1.165) is 0 Å². The summed E-state index contributed by atoms with van der Waals surface area (Å²) in [4.78, 5) is 22.1. The van der Waals surface area contributed by atoms with Crippen molar-refractivity contribution in [3.8, 4) is 0 Å². The molecule has 0 bridgehead atoms. The summed E-state index contributed by atoms with van der Waals surface area (Å²) in [6.45, 7) is 5.73. The molecule has 0 fully saturated rings. The topological polar surface area (TPSA) is 66.4 Å². The first-order valence-electron chi connectivity index (χ1n) is 5.63. The third-order valence-corrected chi connectivity index (χ3v) is 2.92. The number of rotatable bonds is 6. The molecule has 0 rings (SSSR count). The molecule has 0 aliphatic heterocycles. The largest absolute Gasteiger partial charge is 0.480 e. The summed E-state index contributed by atoms with van der Waals surface area (Å²) in [6, 6.07) is -1.15. The Balaban J connectivity index is 4.28. The fourth-order valence-electron chi connectivity index (χ4n) is 1.22. The number of thioether (sulfide) groups is 1. The molecule has 0 spiro atoms. The van der Waals surface area contributed by atoms with Crippen LogP contribution in [-0.2, 0) is 9.59 Å². The lowest BCUT2D eigenvalue weighted by Gasteiger charge is -2.21. The number of aliphatic carboxylic acids is 1. The Morgan fingerprint density at radius 2 is 1.79 bits per heavy atom. The van der Waals surface area contributed by atoms with E-state index in [1.54, 1.807) is 0 Å². The van der Waals surface area contributed by atoms with Crippen LogP contribution >= 0.6 is 11.8 Å². The van der Waals surface area contributed by atoms with Crippen LogP contribution in [0.3, 0.4) is 0 Å². The van der Waals surface area contributed by atoms with Gasteiger partial charge in [0.15, 0.2) is 0 Å². The number of alkyl halides is 3. The van der Waals surface area contributed by atoms with Crippen LogP contribution in [0, 0.1) is 5.41 Å². The fraction of sp³-hybridized carbons (Fsp3) is 0.818. The van der Waals surface area contributed by atoms with Gasteiger partial charge in [0.25, 0.3) is 0 Å². The second kappa shape index (κ2) is 7.02. The molecule has 112 valence electrons. The number of amides is 1. The Bertz CT molecular complexity index is 326. The minimum absolute atomic E-state index is 0.112. The van der Waals surface area contributed by atoms with Crippen molar-refractivity contribution in [2.24, 2.45) is 5.41 Å². The molecule has 2 N–H and O–H groups in total. The van der Waals surface area contributed by atoms with Gasteiger partial charge in [-0.3, -0.25) is 4.79 Å². The average molecular weight is 301 g/mol. The molecule has 0 aromatic heterocycles.